The number of nitrogens with zero attached hydrogens (tertiary/aromatic N) is 5. The van der Waals surface area contributed by atoms with Crippen LogP contribution in [0.5, 0.6) is 5.88 Å². The second-order valence-corrected chi connectivity index (χ2v) is 15.5. The summed E-state index contributed by atoms with van der Waals surface area (Å²) in [6.45, 7) is -7.56. The first-order valence-electron chi connectivity index (χ1n) is 12.7. The molecule has 1 aliphatic carbocycles. The smallest absolute Gasteiger partial charge is 0.383 e. The molecule has 0 spiro atoms. The minimum absolute atomic E-state index is 0.0497. The molecule has 2 aliphatic rings. The van der Waals surface area contributed by atoms with Gasteiger partial charge >= 0.3 is 13.5 Å². The number of rotatable bonds is 11. The van der Waals surface area contributed by atoms with E-state index in [1.54, 1.807) is 6.92 Å². The van der Waals surface area contributed by atoms with Crippen molar-refractivity contribution in [1.82, 2.24) is 29.5 Å². The predicted octanol–water partition coefficient (Wildman–Crippen LogP) is 0.857. The molecule has 3 aromatic rings. The number of ether oxygens (including phenoxy) is 2. The van der Waals surface area contributed by atoms with Gasteiger partial charge in [0.1, 0.15) is 36.9 Å². The molecule has 1 saturated carbocycles. The molecule has 0 amide bonds. The van der Waals surface area contributed by atoms with Crippen LogP contribution in [-0.2, 0) is 34.7 Å². The van der Waals surface area contributed by atoms with E-state index in [9.17, 15) is 24.3 Å². The Morgan fingerprint density at radius 2 is 2.09 bits per heavy atom. The van der Waals surface area contributed by atoms with Crippen molar-refractivity contribution in [1.29, 1.82) is 0 Å². The van der Waals surface area contributed by atoms with Gasteiger partial charge in [0.05, 0.1) is 19.5 Å². The number of hydrogen-bond acceptors (Lipinski definition) is 14. The van der Waals surface area contributed by atoms with Crippen LogP contribution in [-0.4, -0.2) is 88.2 Å². The van der Waals surface area contributed by atoms with Gasteiger partial charge in [-0.15, -0.1) is 0 Å². The van der Waals surface area contributed by atoms with Crippen molar-refractivity contribution in [2.75, 3.05) is 18.9 Å². The molecule has 0 bridgehead atoms. The normalized spacial score (nSPS) is 32.0. The Labute approximate surface area is 252 Å². The van der Waals surface area contributed by atoms with Gasteiger partial charge in [0, 0.05) is 12.3 Å². The molecule has 0 aromatic carbocycles. The lowest BCUT2D eigenvalue weighted by Gasteiger charge is -2.27. The van der Waals surface area contributed by atoms with Gasteiger partial charge in [-0.1, -0.05) is 19.2 Å². The Balaban J connectivity index is 1.32. The Morgan fingerprint density at radius 1 is 1.33 bits per heavy atom. The first-order chi connectivity index (χ1) is 20.2. The van der Waals surface area contributed by atoms with Crippen molar-refractivity contribution in [3.05, 3.63) is 35.3 Å². The van der Waals surface area contributed by atoms with Crippen molar-refractivity contribution in [3.8, 4) is 5.88 Å². The van der Waals surface area contributed by atoms with E-state index >= 15 is 4.39 Å². The molecule has 1 aliphatic heterocycles. The molecule has 1 saturated heterocycles. The minimum Gasteiger partial charge on any atom is -0.471 e. The fraction of sp³-hybridized carbons (Fsp3) is 0.571. The highest BCUT2D eigenvalue weighted by atomic mass is 32.7. The molecule has 2 fully saturated rings. The third kappa shape index (κ3) is 7.42. The standard InChI is InChI=1S/C21H28FN7O10P2S2/c1-9-10(4-11(14(9)22)37-13-2-3-24-7-25-13)5-36-41(34,43)39-17-16(30)12(6-35-40(32,33)42)38-20(17)29-8-26-15-18(29)27-21(23)28-19(15)31/h2-3,7-12,14,16-17,20,30H,4-6H2,1H3,(H,34,43)(H2,32,33,42)(H3,23,27,28,31)/t9-,10-,11-,12-,14-,16-,17-,20-,41?/m1/s1. The van der Waals surface area contributed by atoms with Crippen LogP contribution in [0.3, 0.4) is 0 Å². The van der Waals surface area contributed by atoms with Crippen LogP contribution in [0, 0.1) is 11.8 Å². The molecule has 17 nitrogen and oxygen atoms in total. The van der Waals surface area contributed by atoms with E-state index in [0.717, 1.165) is 0 Å². The van der Waals surface area contributed by atoms with Crippen molar-refractivity contribution >= 4 is 54.7 Å². The number of nitrogen functional groups attached to an aromatic ring is 1. The number of thiol groups is 1. The quantitative estimate of drug-likeness (QED) is 0.121. The molecule has 4 heterocycles. The highest BCUT2D eigenvalue weighted by molar-refractivity contribution is 8.44. The summed E-state index contributed by atoms with van der Waals surface area (Å²) in [5.41, 5.74) is 4.87. The van der Waals surface area contributed by atoms with Crippen LogP contribution < -0.4 is 16.0 Å². The number of fused-ring (bicyclic) bond motifs is 1. The van der Waals surface area contributed by atoms with Gasteiger partial charge in [-0.25, -0.2) is 23.9 Å². The molecule has 2 unspecified atom stereocenters. The summed E-state index contributed by atoms with van der Waals surface area (Å²) in [6, 6.07) is 1.51. The number of aliphatic hydroxyl groups excluding tert-OH is 1. The van der Waals surface area contributed by atoms with Gasteiger partial charge in [0.2, 0.25) is 11.8 Å². The van der Waals surface area contributed by atoms with Crippen LogP contribution in [0.4, 0.5) is 10.3 Å². The molecular formula is C21H28FN7O10P2S2. The van der Waals surface area contributed by atoms with E-state index < -0.39 is 74.3 Å². The Hall–Kier alpha value is -2.09. The van der Waals surface area contributed by atoms with E-state index in [-0.39, 0.29) is 36.0 Å². The number of halogens is 1. The fourth-order valence-electron chi connectivity index (χ4n) is 4.95. The highest BCUT2D eigenvalue weighted by Crippen LogP contribution is 2.52. The molecule has 43 heavy (non-hydrogen) atoms. The number of aromatic amines is 1. The van der Waals surface area contributed by atoms with E-state index in [2.05, 4.69) is 37.2 Å². The lowest BCUT2D eigenvalue weighted by molar-refractivity contribution is -0.0466. The zero-order valence-corrected chi connectivity index (χ0v) is 25.7. The summed E-state index contributed by atoms with van der Waals surface area (Å²) in [7, 11) is 0. The number of imidazole rings is 1. The highest BCUT2D eigenvalue weighted by Gasteiger charge is 2.50. The first kappa shape index (κ1) is 32.3. The van der Waals surface area contributed by atoms with E-state index in [4.69, 9.17) is 40.6 Å². The third-order valence-electron chi connectivity index (χ3n) is 7.11. The second-order valence-electron chi connectivity index (χ2n) is 9.95. The summed E-state index contributed by atoms with van der Waals surface area (Å²) >= 11 is 8.67. The van der Waals surface area contributed by atoms with Gasteiger partial charge < -0.3 is 34.6 Å². The molecule has 0 radical (unpaired) electrons. The summed E-state index contributed by atoms with van der Waals surface area (Å²) in [5, 5.41) is 11.0. The molecule has 10 atom stereocenters. The van der Waals surface area contributed by atoms with Crippen molar-refractivity contribution < 1.29 is 46.9 Å². The Kier molecular flexibility index (Phi) is 9.56. The largest absolute Gasteiger partial charge is 0.471 e. The second kappa shape index (κ2) is 12.7. The third-order valence-corrected chi connectivity index (χ3v) is 9.51. The average Bonchev–Trinajstić information content (AvgIpc) is 3.57. The van der Waals surface area contributed by atoms with Gasteiger partial charge in [-0.3, -0.25) is 23.4 Å². The topological polar surface area (TPSA) is 239 Å². The minimum atomic E-state index is -4.27. The van der Waals surface area contributed by atoms with E-state index in [1.165, 1.54) is 29.5 Å². The lowest BCUT2D eigenvalue weighted by Crippen LogP contribution is -2.35. The van der Waals surface area contributed by atoms with Gasteiger partial charge in [-0.2, -0.15) is 4.98 Å². The molecule has 22 heteroatoms. The van der Waals surface area contributed by atoms with Crippen LogP contribution in [0.25, 0.3) is 11.2 Å². The Morgan fingerprint density at radius 3 is 2.79 bits per heavy atom. The average molecular weight is 684 g/mol. The first-order valence-corrected chi connectivity index (χ1v) is 18.0. The summed E-state index contributed by atoms with van der Waals surface area (Å²) in [5.74, 6) is -0.973. The zero-order valence-electron chi connectivity index (χ0n) is 22.2. The predicted molar refractivity (Wildman–Crippen MR) is 153 cm³/mol. The monoisotopic (exact) mass is 683 g/mol. The van der Waals surface area contributed by atoms with Crippen molar-refractivity contribution in [2.24, 2.45) is 11.8 Å². The van der Waals surface area contributed by atoms with Crippen LogP contribution in [0.2, 0.25) is 0 Å². The van der Waals surface area contributed by atoms with Gasteiger partial charge in [0.15, 0.2) is 17.4 Å². The van der Waals surface area contributed by atoms with Crippen LogP contribution in [0.15, 0.2) is 29.7 Å². The molecule has 3 aromatic heterocycles. The van der Waals surface area contributed by atoms with Gasteiger partial charge in [0.25, 0.3) is 5.56 Å². The number of H-pyrrole nitrogens is 1. The maximum Gasteiger partial charge on any atom is 0.383 e. The molecular weight excluding hydrogens is 655 g/mol. The number of nitrogens with one attached hydrogen (secondary N) is 1. The number of aromatic nitrogens is 6. The molecule has 236 valence electrons. The van der Waals surface area contributed by atoms with E-state index in [0.29, 0.717) is 0 Å². The number of alkyl halides is 1. The summed E-state index contributed by atoms with van der Waals surface area (Å²) in [4.78, 5) is 50.8. The Bertz CT molecular complexity index is 1600. The van der Waals surface area contributed by atoms with Crippen molar-refractivity contribution in [3.63, 3.8) is 0 Å². The summed E-state index contributed by atoms with van der Waals surface area (Å²) in [6.07, 6.45) is -3.76. The number of hydrogen-bond donors (Lipinski definition) is 6. The number of nitrogens with two attached hydrogens (primary N) is 1. The fourth-order valence-corrected chi connectivity index (χ4v) is 6.94. The van der Waals surface area contributed by atoms with Crippen LogP contribution in [0.1, 0.15) is 19.6 Å². The maximum atomic E-state index is 15.0. The molecule has 6 N–H and O–H groups in total. The molecule has 5 rings (SSSR count). The van der Waals surface area contributed by atoms with E-state index in [1.807, 2.05) is 0 Å². The van der Waals surface area contributed by atoms with Crippen molar-refractivity contribution in [2.45, 2.75) is 50.2 Å². The number of anilines is 1. The van der Waals surface area contributed by atoms with Gasteiger partial charge in [-0.05, 0) is 30.1 Å². The lowest BCUT2D eigenvalue weighted by atomic mass is 9.99. The summed E-state index contributed by atoms with van der Waals surface area (Å²) < 4.78 is 55.4. The number of aliphatic hydroxyl groups is 1. The SMILES string of the molecule is C[C@@H]1[C@@H](COP(O)(=S)O[C@@H]2[C@H](O)[C@@H](COP(=O)(O)S)O[C@H]2n2cnc3c(=O)[nH]c(N)nc32)C[C@@H](Oc2ccncn2)[C@@H]1F. The van der Waals surface area contributed by atoms with Crippen LogP contribution >= 0.6 is 25.8 Å². The zero-order chi connectivity index (χ0) is 31.1. The maximum absolute atomic E-state index is 15.0.